The van der Waals surface area contributed by atoms with Crippen molar-refractivity contribution in [3.05, 3.63) is 59.4 Å². The van der Waals surface area contributed by atoms with E-state index in [1.165, 1.54) is 12.1 Å². The van der Waals surface area contributed by atoms with E-state index in [2.05, 4.69) is 17.1 Å². The van der Waals surface area contributed by atoms with Gasteiger partial charge in [-0.1, -0.05) is 11.6 Å². The molecule has 0 aliphatic carbocycles. The Kier molecular flexibility index (Phi) is 3.00. The Morgan fingerprint density at radius 3 is 2.60 bits per heavy atom. The van der Waals surface area contributed by atoms with E-state index in [1.807, 2.05) is 19.1 Å². The Morgan fingerprint density at radius 2 is 1.90 bits per heavy atom. The lowest BCUT2D eigenvalue weighted by atomic mass is 10.0. The molecule has 0 bridgehead atoms. The van der Waals surface area contributed by atoms with Crippen molar-refractivity contribution in [2.45, 2.75) is 13.3 Å². The van der Waals surface area contributed by atoms with E-state index < -0.39 is 0 Å². The van der Waals surface area contributed by atoms with Crippen LogP contribution in [0, 0.1) is 24.1 Å². The fourth-order valence-corrected chi connectivity index (χ4v) is 2.49. The van der Waals surface area contributed by atoms with Gasteiger partial charge in [0.25, 0.3) is 0 Å². The number of fused-ring (bicyclic) bond motifs is 1. The van der Waals surface area contributed by atoms with Gasteiger partial charge in [-0.15, -0.1) is 0 Å². The first-order chi connectivity index (χ1) is 9.69. The minimum atomic E-state index is -0.262. The molecule has 0 amide bonds. The molecule has 2 nitrogen and oxygen atoms in total. The summed E-state index contributed by atoms with van der Waals surface area (Å²) in [7, 11) is 0. The molecule has 0 fully saturated rings. The van der Waals surface area contributed by atoms with Gasteiger partial charge in [-0.3, -0.25) is 0 Å². The quantitative estimate of drug-likeness (QED) is 0.734. The monoisotopic (exact) mass is 264 g/mol. The average Bonchev–Trinajstić information content (AvgIpc) is 2.79. The summed E-state index contributed by atoms with van der Waals surface area (Å²) >= 11 is 0. The topological polar surface area (TPSA) is 39.6 Å². The third-order valence-electron chi connectivity index (χ3n) is 3.45. The van der Waals surface area contributed by atoms with Crippen molar-refractivity contribution in [2.24, 2.45) is 0 Å². The number of halogens is 1. The number of hydrogen-bond donors (Lipinski definition) is 1. The summed E-state index contributed by atoms with van der Waals surface area (Å²) in [4.78, 5) is 3.34. The molecule has 0 unspecified atom stereocenters. The Labute approximate surface area is 116 Å². The summed E-state index contributed by atoms with van der Waals surface area (Å²) in [5.41, 5.74) is 4.91. The van der Waals surface area contributed by atoms with E-state index in [-0.39, 0.29) is 5.82 Å². The maximum atomic E-state index is 13.0. The number of nitriles is 1. The minimum Gasteiger partial charge on any atom is -0.354 e. The number of benzene rings is 2. The van der Waals surface area contributed by atoms with Crippen LogP contribution in [-0.2, 0) is 6.42 Å². The predicted molar refractivity (Wildman–Crippen MR) is 77.7 cm³/mol. The molecule has 0 spiro atoms. The van der Waals surface area contributed by atoms with Gasteiger partial charge in [-0.05, 0) is 54.4 Å². The fourth-order valence-electron chi connectivity index (χ4n) is 2.49. The van der Waals surface area contributed by atoms with Crippen molar-refractivity contribution in [3.63, 3.8) is 0 Å². The summed E-state index contributed by atoms with van der Waals surface area (Å²) < 4.78 is 13.0. The van der Waals surface area contributed by atoms with Gasteiger partial charge >= 0.3 is 0 Å². The summed E-state index contributed by atoms with van der Waals surface area (Å²) in [6.45, 7) is 2.03. The van der Waals surface area contributed by atoms with Crippen LogP contribution in [0.15, 0.2) is 42.5 Å². The van der Waals surface area contributed by atoms with E-state index in [0.717, 1.165) is 33.3 Å². The van der Waals surface area contributed by atoms with Crippen LogP contribution in [-0.4, -0.2) is 4.98 Å². The second-order valence-electron chi connectivity index (χ2n) is 4.87. The molecule has 2 aromatic carbocycles. The molecule has 0 radical (unpaired) electrons. The number of hydrogen-bond acceptors (Lipinski definition) is 1. The molecule has 0 atom stereocenters. The highest BCUT2D eigenvalue weighted by atomic mass is 19.1. The van der Waals surface area contributed by atoms with Crippen LogP contribution in [0.25, 0.3) is 22.2 Å². The second-order valence-corrected chi connectivity index (χ2v) is 4.87. The van der Waals surface area contributed by atoms with Gasteiger partial charge in [-0.2, -0.15) is 5.26 Å². The minimum absolute atomic E-state index is 0.262. The molecule has 0 aliphatic rings. The maximum absolute atomic E-state index is 13.0. The molecular formula is C17H13FN2. The smallest absolute Gasteiger partial charge is 0.123 e. The lowest BCUT2D eigenvalue weighted by Crippen LogP contribution is -1.86. The van der Waals surface area contributed by atoms with Crippen LogP contribution in [0.3, 0.4) is 0 Å². The lowest BCUT2D eigenvalue weighted by molar-refractivity contribution is 0.628. The Bertz CT molecular complexity index is 807. The third kappa shape index (κ3) is 2.06. The molecule has 3 rings (SSSR count). The van der Waals surface area contributed by atoms with Gasteiger partial charge < -0.3 is 4.98 Å². The Hall–Kier alpha value is -2.60. The molecule has 0 saturated carbocycles. The number of aromatic nitrogens is 1. The van der Waals surface area contributed by atoms with Crippen LogP contribution < -0.4 is 0 Å². The molecule has 1 N–H and O–H groups in total. The summed E-state index contributed by atoms with van der Waals surface area (Å²) in [5, 5.41) is 10.1. The zero-order valence-electron chi connectivity index (χ0n) is 11.1. The molecule has 98 valence electrons. The Morgan fingerprint density at radius 1 is 1.15 bits per heavy atom. The predicted octanol–water partition coefficient (Wildman–Crippen LogP) is 4.35. The zero-order valence-corrected chi connectivity index (χ0v) is 11.1. The van der Waals surface area contributed by atoms with Crippen molar-refractivity contribution in [1.82, 2.24) is 4.98 Å². The fraction of sp³-hybridized carbons (Fsp3) is 0.118. The van der Waals surface area contributed by atoms with Crippen molar-refractivity contribution in [2.75, 3.05) is 0 Å². The van der Waals surface area contributed by atoms with Crippen LogP contribution >= 0.6 is 0 Å². The average molecular weight is 264 g/mol. The van der Waals surface area contributed by atoms with E-state index in [4.69, 9.17) is 5.26 Å². The van der Waals surface area contributed by atoms with Crippen molar-refractivity contribution in [3.8, 4) is 17.3 Å². The molecule has 3 aromatic rings. The number of nitrogens with zero attached hydrogens (tertiary/aromatic N) is 1. The van der Waals surface area contributed by atoms with Crippen LogP contribution in [0.1, 0.15) is 11.1 Å². The summed E-state index contributed by atoms with van der Waals surface area (Å²) in [6.07, 6.45) is 0.330. The van der Waals surface area contributed by atoms with Crippen LogP contribution in [0.4, 0.5) is 4.39 Å². The number of rotatable bonds is 2. The van der Waals surface area contributed by atoms with Crippen LogP contribution in [0.2, 0.25) is 0 Å². The van der Waals surface area contributed by atoms with Gasteiger partial charge in [0.05, 0.1) is 18.2 Å². The highest BCUT2D eigenvalue weighted by Gasteiger charge is 2.13. The summed E-state index contributed by atoms with van der Waals surface area (Å²) in [5.74, 6) is -0.262. The second kappa shape index (κ2) is 4.82. The number of nitrogens with one attached hydrogen (secondary N) is 1. The molecule has 0 saturated heterocycles. The molecule has 0 aliphatic heterocycles. The van der Waals surface area contributed by atoms with E-state index in [0.29, 0.717) is 6.42 Å². The normalized spacial score (nSPS) is 10.7. The first-order valence-corrected chi connectivity index (χ1v) is 6.43. The van der Waals surface area contributed by atoms with Gasteiger partial charge in [-0.25, -0.2) is 4.39 Å². The van der Waals surface area contributed by atoms with E-state index >= 15 is 0 Å². The summed E-state index contributed by atoms with van der Waals surface area (Å²) in [6, 6.07) is 14.7. The zero-order chi connectivity index (χ0) is 14.1. The van der Waals surface area contributed by atoms with E-state index in [1.54, 1.807) is 12.1 Å². The molecular weight excluding hydrogens is 251 g/mol. The third-order valence-corrected chi connectivity index (χ3v) is 3.45. The van der Waals surface area contributed by atoms with Gasteiger partial charge in [0.15, 0.2) is 0 Å². The number of aryl methyl sites for hydroxylation is 1. The largest absolute Gasteiger partial charge is 0.354 e. The van der Waals surface area contributed by atoms with Gasteiger partial charge in [0.1, 0.15) is 5.82 Å². The van der Waals surface area contributed by atoms with Crippen molar-refractivity contribution in [1.29, 1.82) is 5.26 Å². The SMILES string of the molecule is Cc1ccc2[nH]c(-c3ccc(F)cc3)c(CC#N)c2c1. The number of aromatic amines is 1. The number of H-pyrrole nitrogens is 1. The van der Waals surface area contributed by atoms with Crippen molar-refractivity contribution >= 4 is 10.9 Å². The highest BCUT2D eigenvalue weighted by Crippen LogP contribution is 2.31. The molecule has 3 heteroatoms. The molecule has 20 heavy (non-hydrogen) atoms. The van der Waals surface area contributed by atoms with Crippen molar-refractivity contribution < 1.29 is 4.39 Å². The van der Waals surface area contributed by atoms with Crippen LogP contribution in [0.5, 0.6) is 0 Å². The maximum Gasteiger partial charge on any atom is 0.123 e. The first kappa shape index (κ1) is 12.4. The standard InChI is InChI=1S/C17H13FN2/c1-11-2-7-16-15(10-11)14(8-9-19)17(20-16)12-3-5-13(18)6-4-12/h2-7,10,20H,8H2,1H3. The Balaban J connectivity index is 2.26. The molecule has 1 aromatic heterocycles. The highest BCUT2D eigenvalue weighted by molar-refractivity contribution is 5.91. The van der Waals surface area contributed by atoms with Gasteiger partial charge in [0.2, 0.25) is 0 Å². The molecule has 1 heterocycles. The lowest BCUT2D eigenvalue weighted by Gasteiger charge is -2.01. The van der Waals surface area contributed by atoms with E-state index in [9.17, 15) is 4.39 Å². The van der Waals surface area contributed by atoms with Gasteiger partial charge in [0, 0.05) is 10.9 Å². The first-order valence-electron chi connectivity index (χ1n) is 6.43.